The molecular weight excluding hydrogens is 328 g/mol. The van der Waals surface area contributed by atoms with Crippen molar-refractivity contribution in [3.8, 4) is 0 Å². The van der Waals surface area contributed by atoms with E-state index >= 15 is 0 Å². The van der Waals surface area contributed by atoms with E-state index in [9.17, 15) is 8.42 Å². The number of hydrogen-bond donors (Lipinski definition) is 2. The van der Waals surface area contributed by atoms with Crippen molar-refractivity contribution in [3.63, 3.8) is 0 Å². The standard InChI is InChI=1S/C15H18N6O2S/c22-24(23,12-1-2-12)19-10-4-6-20(9-10)15-18-8-11-7-17-14-13(21(11)15)3-5-16-14/h3,5,7-8,10,12,16,19H,1-2,4,6,9H2/t10-/m1/s1. The fourth-order valence-corrected chi connectivity index (χ4v) is 5.03. The van der Waals surface area contributed by atoms with Gasteiger partial charge in [0.1, 0.15) is 0 Å². The summed E-state index contributed by atoms with van der Waals surface area (Å²) in [6.07, 6.45) is 7.82. The van der Waals surface area contributed by atoms with Crippen molar-refractivity contribution in [2.75, 3.05) is 18.0 Å². The number of rotatable bonds is 4. The van der Waals surface area contributed by atoms with Crippen LogP contribution in [0.5, 0.6) is 0 Å². The molecule has 5 rings (SSSR count). The number of nitrogens with zero attached hydrogens (tertiary/aromatic N) is 4. The van der Waals surface area contributed by atoms with Crippen LogP contribution in [0.25, 0.3) is 16.7 Å². The Morgan fingerprint density at radius 3 is 2.88 bits per heavy atom. The number of aromatic amines is 1. The number of hydrogen-bond acceptors (Lipinski definition) is 5. The average molecular weight is 346 g/mol. The number of imidazole rings is 1. The van der Waals surface area contributed by atoms with Gasteiger partial charge in [-0.1, -0.05) is 0 Å². The van der Waals surface area contributed by atoms with Crippen LogP contribution in [0, 0.1) is 0 Å². The van der Waals surface area contributed by atoms with Gasteiger partial charge in [-0.3, -0.25) is 4.40 Å². The quantitative estimate of drug-likeness (QED) is 0.731. The highest BCUT2D eigenvalue weighted by molar-refractivity contribution is 7.90. The second-order valence-electron chi connectivity index (χ2n) is 6.58. The first-order valence-electron chi connectivity index (χ1n) is 8.17. The van der Waals surface area contributed by atoms with Crippen LogP contribution < -0.4 is 9.62 Å². The van der Waals surface area contributed by atoms with E-state index in [0.29, 0.717) is 6.54 Å². The van der Waals surface area contributed by atoms with Gasteiger partial charge < -0.3 is 9.88 Å². The highest BCUT2D eigenvalue weighted by atomic mass is 32.2. The summed E-state index contributed by atoms with van der Waals surface area (Å²) in [7, 11) is -3.15. The summed E-state index contributed by atoms with van der Waals surface area (Å²) < 4.78 is 29.2. The van der Waals surface area contributed by atoms with Crippen LogP contribution in [0.1, 0.15) is 19.3 Å². The van der Waals surface area contributed by atoms with Crippen LogP contribution in [0.15, 0.2) is 24.7 Å². The van der Waals surface area contributed by atoms with Gasteiger partial charge in [0.2, 0.25) is 16.0 Å². The molecule has 0 unspecified atom stereocenters. The van der Waals surface area contributed by atoms with E-state index in [4.69, 9.17) is 0 Å². The topological polar surface area (TPSA) is 95.4 Å². The molecule has 0 aromatic carbocycles. The van der Waals surface area contributed by atoms with Gasteiger partial charge in [0, 0.05) is 25.3 Å². The van der Waals surface area contributed by atoms with Crippen LogP contribution in [0.2, 0.25) is 0 Å². The van der Waals surface area contributed by atoms with Gasteiger partial charge in [-0.2, -0.15) is 0 Å². The summed E-state index contributed by atoms with van der Waals surface area (Å²) in [5, 5.41) is -0.177. The van der Waals surface area contributed by atoms with E-state index in [2.05, 4.69) is 29.0 Å². The zero-order chi connectivity index (χ0) is 16.3. The molecule has 0 amide bonds. The summed E-state index contributed by atoms with van der Waals surface area (Å²) in [5.41, 5.74) is 2.72. The molecule has 1 aliphatic carbocycles. The first-order chi connectivity index (χ1) is 11.6. The minimum absolute atomic E-state index is 0.0495. The molecule has 2 fully saturated rings. The Bertz CT molecular complexity index is 1020. The van der Waals surface area contributed by atoms with E-state index in [1.54, 1.807) is 12.4 Å². The molecule has 0 bridgehead atoms. The fraction of sp³-hybridized carbons (Fsp3) is 0.467. The number of anilines is 1. The third-order valence-corrected chi connectivity index (χ3v) is 6.82. The Balaban J connectivity index is 1.45. The molecular formula is C15H18N6O2S. The first kappa shape index (κ1) is 14.2. The summed E-state index contributed by atoms with van der Waals surface area (Å²) in [6, 6.07) is 1.93. The fourth-order valence-electron chi connectivity index (χ4n) is 3.43. The molecule has 1 saturated heterocycles. The summed E-state index contributed by atoms with van der Waals surface area (Å²) in [6.45, 7) is 1.42. The summed E-state index contributed by atoms with van der Waals surface area (Å²) >= 11 is 0. The zero-order valence-corrected chi connectivity index (χ0v) is 13.8. The van der Waals surface area contributed by atoms with Crippen LogP contribution in [-0.2, 0) is 10.0 Å². The molecule has 1 aliphatic heterocycles. The third kappa shape index (κ3) is 2.19. The Morgan fingerprint density at radius 1 is 1.21 bits per heavy atom. The monoisotopic (exact) mass is 346 g/mol. The van der Waals surface area contributed by atoms with Crippen molar-refractivity contribution in [2.45, 2.75) is 30.6 Å². The summed E-state index contributed by atoms with van der Waals surface area (Å²) in [5.74, 6) is 0.838. The van der Waals surface area contributed by atoms with Gasteiger partial charge in [0.25, 0.3) is 0 Å². The lowest BCUT2D eigenvalue weighted by Crippen LogP contribution is -2.39. The molecule has 1 saturated carbocycles. The Morgan fingerprint density at radius 2 is 2.04 bits per heavy atom. The Hall–Kier alpha value is -2.13. The molecule has 2 N–H and O–H groups in total. The van der Waals surface area contributed by atoms with E-state index in [0.717, 1.165) is 48.4 Å². The predicted octanol–water partition coefficient (Wildman–Crippen LogP) is 0.871. The van der Waals surface area contributed by atoms with E-state index in [-0.39, 0.29) is 11.3 Å². The van der Waals surface area contributed by atoms with Crippen molar-refractivity contribution in [1.82, 2.24) is 24.1 Å². The van der Waals surface area contributed by atoms with Crippen molar-refractivity contribution in [3.05, 3.63) is 24.7 Å². The third-order valence-electron chi connectivity index (χ3n) is 4.81. The SMILES string of the molecule is O=S(=O)(N[C@@H]1CCN(c2ncc3cnc4[nH]ccc4n23)C1)C1CC1. The lowest BCUT2D eigenvalue weighted by Gasteiger charge is -2.17. The Labute approximate surface area is 138 Å². The zero-order valence-electron chi connectivity index (χ0n) is 13.0. The minimum atomic E-state index is -3.15. The second-order valence-corrected chi connectivity index (χ2v) is 8.57. The van der Waals surface area contributed by atoms with Crippen LogP contribution in [0.4, 0.5) is 5.95 Å². The number of aromatic nitrogens is 4. The largest absolute Gasteiger partial charge is 0.345 e. The van der Waals surface area contributed by atoms with E-state index in [1.165, 1.54) is 0 Å². The highest BCUT2D eigenvalue weighted by Gasteiger charge is 2.38. The van der Waals surface area contributed by atoms with E-state index < -0.39 is 10.0 Å². The molecule has 0 spiro atoms. The number of sulfonamides is 1. The maximum absolute atomic E-state index is 12.1. The van der Waals surface area contributed by atoms with Crippen LogP contribution in [0.3, 0.4) is 0 Å². The molecule has 8 nitrogen and oxygen atoms in total. The van der Waals surface area contributed by atoms with Gasteiger partial charge >= 0.3 is 0 Å². The average Bonchev–Trinajstić information content (AvgIpc) is 2.96. The molecule has 2 aliphatic rings. The lowest BCUT2D eigenvalue weighted by molar-refractivity contribution is 0.560. The van der Waals surface area contributed by atoms with Crippen molar-refractivity contribution in [1.29, 1.82) is 0 Å². The lowest BCUT2D eigenvalue weighted by atomic mass is 10.3. The first-order valence-corrected chi connectivity index (χ1v) is 9.72. The van der Waals surface area contributed by atoms with Crippen molar-refractivity contribution < 1.29 is 8.42 Å². The normalized spacial score (nSPS) is 22.0. The highest BCUT2D eigenvalue weighted by Crippen LogP contribution is 2.29. The van der Waals surface area contributed by atoms with Gasteiger partial charge in [-0.25, -0.2) is 23.1 Å². The Kier molecular flexibility index (Phi) is 2.93. The van der Waals surface area contributed by atoms with Crippen molar-refractivity contribution >= 4 is 32.7 Å². The number of nitrogens with one attached hydrogen (secondary N) is 2. The summed E-state index contributed by atoms with van der Waals surface area (Å²) in [4.78, 5) is 14.2. The maximum atomic E-state index is 12.1. The molecule has 24 heavy (non-hydrogen) atoms. The van der Waals surface area contributed by atoms with Crippen molar-refractivity contribution in [2.24, 2.45) is 0 Å². The van der Waals surface area contributed by atoms with Crippen LogP contribution >= 0.6 is 0 Å². The van der Waals surface area contributed by atoms with Gasteiger partial charge in [0.05, 0.1) is 28.7 Å². The molecule has 0 radical (unpaired) electrons. The molecule has 9 heteroatoms. The molecule has 126 valence electrons. The van der Waals surface area contributed by atoms with E-state index in [1.807, 2.05) is 12.3 Å². The smallest absolute Gasteiger partial charge is 0.214 e. The molecule has 3 aromatic rings. The van der Waals surface area contributed by atoms with Gasteiger partial charge in [0.15, 0.2) is 5.65 Å². The maximum Gasteiger partial charge on any atom is 0.214 e. The number of H-pyrrole nitrogens is 1. The van der Waals surface area contributed by atoms with Crippen LogP contribution in [-0.4, -0.2) is 52.2 Å². The molecule has 3 aromatic heterocycles. The minimum Gasteiger partial charge on any atom is -0.345 e. The second kappa shape index (κ2) is 4.93. The molecule has 4 heterocycles. The van der Waals surface area contributed by atoms with Gasteiger partial charge in [-0.15, -0.1) is 0 Å². The number of fused-ring (bicyclic) bond motifs is 3. The van der Waals surface area contributed by atoms with Gasteiger partial charge in [-0.05, 0) is 25.3 Å². The molecule has 1 atom stereocenters. The predicted molar refractivity (Wildman–Crippen MR) is 90.5 cm³/mol.